The van der Waals surface area contributed by atoms with Crippen LogP contribution in [0.4, 0.5) is 0 Å². The Morgan fingerprint density at radius 3 is 1.88 bits per heavy atom. The Morgan fingerprint density at radius 1 is 1.12 bits per heavy atom. The van der Waals surface area contributed by atoms with Crippen LogP contribution < -0.4 is 0 Å². The maximum atomic E-state index is 2.14. The predicted molar refractivity (Wildman–Crippen MR) is 38.0 cm³/mol. The summed E-state index contributed by atoms with van der Waals surface area (Å²) in [7, 11) is 4.26. The molecular formula is C6H10NS+. The highest BCUT2D eigenvalue weighted by Crippen LogP contribution is 2.15. The third kappa shape index (κ3) is 1.39. The molecule has 0 aromatic heterocycles. The van der Waals surface area contributed by atoms with Gasteiger partial charge in [0.05, 0.1) is 14.1 Å². The van der Waals surface area contributed by atoms with Gasteiger partial charge < -0.3 is 0 Å². The Hall–Kier alpha value is -0.210. The molecule has 0 N–H and O–H groups in total. The second-order valence-electron chi connectivity index (χ2n) is 2.34. The molecule has 0 atom stereocenters. The van der Waals surface area contributed by atoms with Crippen LogP contribution in [0.3, 0.4) is 0 Å². The summed E-state index contributed by atoms with van der Waals surface area (Å²) in [4.78, 5) is 0. The first-order valence-corrected chi connectivity index (χ1v) is 3.49. The minimum absolute atomic E-state index is 0.868. The normalized spacial score (nSPS) is 23.8. The van der Waals surface area contributed by atoms with Crippen LogP contribution in [0.25, 0.3) is 0 Å². The van der Waals surface area contributed by atoms with Gasteiger partial charge in [-0.05, 0) is 0 Å². The van der Waals surface area contributed by atoms with E-state index in [-0.39, 0.29) is 0 Å². The summed E-state index contributed by atoms with van der Waals surface area (Å²) in [5.41, 5.74) is 0. The summed E-state index contributed by atoms with van der Waals surface area (Å²) in [6, 6.07) is 0. The highest BCUT2D eigenvalue weighted by Gasteiger charge is 2.07. The molecule has 0 aromatic carbocycles. The van der Waals surface area contributed by atoms with Crippen molar-refractivity contribution in [2.75, 3.05) is 14.1 Å². The van der Waals surface area contributed by atoms with Gasteiger partial charge in [-0.1, -0.05) is 11.8 Å². The van der Waals surface area contributed by atoms with E-state index in [9.17, 15) is 0 Å². The maximum Gasteiger partial charge on any atom is 0.107 e. The lowest BCUT2D eigenvalue weighted by atomic mass is 10.6. The van der Waals surface area contributed by atoms with Crippen molar-refractivity contribution in [3.63, 3.8) is 0 Å². The largest absolute Gasteiger partial charge is 0.275 e. The molecule has 1 aliphatic rings. The molecule has 0 unspecified atom stereocenters. The fourth-order valence-corrected chi connectivity index (χ4v) is 1.34. The smallest absolute Gasteiger partial charge is 0.107 e. The highest BCUT2D eigenvalue weighted by atomic mass is 32.2. The molecule has 0 bridgehead atoms. The van der Waals surface area contributed by atoms with Crippen LogP contribution in [0.1, 0.15) is 0 Å². The van der Waals surface area contributed by atoms with Gasteiger partial charge in [-0.3, -0.25) is 4.48 Å². The molecule has 1 nitrogen and oxygen atoms in total. The first-order valence-electron chi connectivity index (χ1n) is 2.55. The summed E-state index contributed by atoms with van der Waals surface area (Å²) >= 11 is 1.72. The molecule has 1 rings (SSSR count). The fraction of sp³-hybridized carbons (Fsp3) is 0.333. The molecule has 8 heavy (non-hydrogen) atoms. The van der Waals surface area contributed by atoms with Gasteiger partial charge in [0.2, 0.25) is 0 Å². The summed E-state index contributed by atoms with van der Waals surface area (Å²) in [5, 5.41) is 4.19. The van der Waals surface area contributed by atoms with E-state index in [1.165, 1.54) is 0 Å². The number of nitrogens with zero attached hydrogens (tertiary/aromatic N) is 1. The van der Waals surface area contributed by atoms with Crippen molar-refractivity contribution in [3.05, 3.63) is 23.2 Å². The first-order chi connectivity index (χ1) is 3.71. The van der Waals surface area contributed by atoms with E-state index in [0.717, 1.165) is 4.48 Å². The number of quaternary nitrogens is 1. The van der Waals surface area contributed by atoms with Crippen LogP contribution in [0.2, 0.25) is 0 Å². The molecule has 2 heteroatoms. The Bertz CT molecular complexity index is 121. The van der Waals surface area contributed by atoms with Crippen molar-refractivity contribution in [1.29, 1.82) is 0 Å². The van der Waals surface area contributed by atoms with Gasteiger partial charge in [0.15, 0.2) is 0 Å². The van der Waals surface area contributed by atoms with Crippen LogP contribution in [0.5, 0.6) is 0 Å². The van der Waals surface area contributed by atoms with Crippen molar-refractivity contribution in [2.24, 2.45) is 0 Å². The molecule has 0 amide bonds. The summed E-state index contributed by atoms with van der Waals surface area (Å²) in [6.45, 7) is 0. The number of hydrogen-bond donors (Lipinski definition) is 0. The Morgan fingerprint density at radius 2 is 1.62 bits per heavy atom. The van der Waals surface area contributed by atoms with E-state index in [0.29, 0.717) is 0 Å². The van der Waals surface area contributed by atoms with E-state index in [1.807, 2.05) is 0 Å². The van der Waals surface area contributed by atoms with Crippen LogP contribution in [-0.4, -0.2) is 18.6 Å². The third-order valence-corrected chi connectivity index (χ3v) is 1.60. The lowest BCUT2D eigenvalue weighted by molar-refractivity contribution is -0.784. The Balaban J connectivity index is 2.69. The zero-order chi connectivity index (χ0) is 6.04. The van der Waals surface area contributed by atoms with Crippen LogP contribution in [-0.2, 0) is 0 Å². The molecule has 1 aliphatic heterocycles. The lowest BCUT2D eigenvalue weighted by Crippen LogP contribution is -2.26. The average Bonchev–Trinajstić information content (AvgIpc) is 1.65. The SMILES string of the molecule is C[N+]1(C)C=CSC=C1. The fourth-order valence-electron chi connectivity index (χ4n) is 0.479. The van der Waals surface area contributed by atoms with Crippen LogP contribution in [0.15, 0.2) is 23.2 Å². The standard InChI is InChI=1S/C6H10NS/c1-7(2)3-5-8-6-4-7/h3-6H,1-2H3/q+1. The molecule has 0 fully saturated rings. The van der Waals surface area contributed by atoms with Gasteiger partial charge in [0.1, 0.15) is 12.4 Å². The van der Waals surface area contributed by atoms with Crippen molar-refractivity contribution in [2.45, 2.75) is 0 Å². The molecule has 0 aliphatic carbocycles. The molecule has 0 saturated carbocycles. The molecular weight excluding hydrogens is 118 g/mol. The van der Waals surface area contributed by atoms with E-state index >= 15 is 0 Å². The topological polar surface area (TPSA) is 0 Å². The van der Waals surface area contributed by atoms with Gasteiger partial charge in [-0.25, -0.2) is 0 Å². The molecule has 1 heterocycles. The van der Waals surface area contributed by atoms with Crippen molar-refractivity contribution in [1.82, 2.24) is 0 Å². The Kier molecular flexibility index (Phi) is 1.45. The van der Waals surface area contributed by atoms with Crippen molar-refractivity contribution >= 4 is 11.8 Å². The second-order valence-corrected chi connectivity index (χ2v) is 3.15. The number of rotatable bonds is 0. The molecule has 0 saturated heterocycles. The van der Waals surface area contributed by atoms with Gasteiger partial charge in [-0.15, -0.1) is 0 Å². The summed E-state index contributed by atoms with van der Waals surface area (Å²) in [5.74, 6) is 0. The van der Waals surface area contributed by atoms with Gasteiger partial charge >= 0.3 is 0 Å². The monoisotopic (exact) mass is 128 g/mol. The zero-order valence-electron chi connectivity index (χ0n) is 5.16. The lowest BCUT2D eigenvalue weighted by Gasteiger charge is -2.20. The summed E-state index contributed by atoms with van der Waals surface area (Å²) < 4.78 is 0.868. The minimum atomic E-state index is 0.868. The molecule has 0 spiro atoms. The van der Waals surface area contributed by atoms with E-state index in [2.05, 4.69) is 37.3 Å². The number of hydrogen-bond acceptors (Lipinski definition) is 1. The van der Waals surface area contributed by atoms with Gasteiger partial charge in [-0.2, -0.15) is 0 Å². The molecule has 0 aromatic rings. The van der Waals surface area contributed by atoms with E-state index in [4.69, 9.17) is 0 Å². The second kappa shape index (κ2) is 1.96. The number of thioether (sulfide) groups is 1. The maximum absolute atomic E-state index is 2.14. The van der Waals surface area contributed by atoms with Gasteiger partial charge in [0, 0.05) is 10.8 Å². The summed E-state index contributed by atoms with van der Waals surface area (Å²) in [6.07, 6.45) is 4.29. The quantitative estimate of drug-likeness (QED) is 0.448. The van der Waals surface area contributed by atoms with Crippen molar-refractivity contribution < 1.29 is 4.48 Å². The van der Waals surface area contributed by atoms with Gasteiger partial charge in [0.25, 0.3) is 0 Å². The highest BCUT2D eigenvalue weighted by molar-refractivity contribution is 8.04. The van der Waals surface area contributed by atoms with Crippen LogP contribution in [0, 0.1) is 0 Å². The average molecular weight is 128 g/mol. The minimum Gasteiger partial charge on any atom is -0.275 e. The first kappa shape index (κ1) is 5.92. The zero-order valence-corrected chi connectivity index (χ0v) is 5.98. The molecule has 0 radical (unpaired) electrons. The van der Waals surface area contributed by atoms with E-state index < -0.39 is 0 Å². The molecule has 44 valence electrons. The Labute approximate surface area is 54.3 Å². The van der Waals surface area contributed by atoms with E-state index in [1.54, 1.807) is 11.8 Å². The van der Waals surface area contributed by atoms with Crippen molar-refractivity contribution in [3.8, 4) is 0 Å². The predicted octanol–water partition coefficient (Wildman–Crippen LogP) is 1.75. The third-order valence-electron chi connectivity index (χ3n) is 1.05. The van der Waals surface area contributed by atoms with Crippen LogP contribution >= 0.6 is 11.8 Å².